The Hall–Kier alpha value is -1.10. The highest BCUT2D eigenvalue weighted by Gasteiger charge is 2.38. The second kappa shape index (κ2) is 6.37. The quantitative estimate of drug-likeness (QED) is 0.843. The molecular weight excluding hydrogens is 246 g/mol. The highest BCUT2D eigenvalue weighted by Crippen LogP contribution is 2.28. The lowest BCUT2D eigenvalue weighted by atomic mass is 9.87. The van der Waals surface area contributed by atoms with Crippen molar-refractivity contribution in [2.45, 2.75) is 45.1 Å². The topological polar surface area (TPSA) is 66.8 Å². The Morgan fingerprint density at radius 3 is 2.74 bits per heavy atom. The number of aliphatic carboxylic acids is 1. The third-order valence-electron chi connectivity index (χ3n) is 4.37. The number of likely N-dealkylation sites (tertiary alicyclic amines) is 1. The molecule has 2 aliphatic heterocycles. The van der Waals surface area contributed by atoms with E-state index in [4.69, 9.17) is 4.74 Å². The zero-order valence-corrected chi connectivity index (χ0v) is 11.5. The molecule has 2 aliphatic rings. The van der Waals surface area contributed by atoms with Crippen molar-refractivity contribution in [3.05, 3.63) is 0 Å². The van der Waals surface area contributed by atoms with E-state index in [0.29, 0.717) is 32.1 Å². The summed E-state index contributed by atoms with van der Waals surface area (Å²) in [4.78, 5) is 25.4. The molecule has 108 valence electrons. The fourth-order valence-electron chi connectivity index (χ4n) is 3.08. The Bertz CT molecular complexity index is 338. The predicted octanol–water partition coefficient (Wildman–Crippen LogP) is 1.51. The summed E-state index contributed by atoms with van der Waals surface area (Å²) in [6, 6.07) is -0.645. The van der Waals surface area contributed by atoms with Crippen molar-refractivity contribution in [3.8, 4) is 0 Å². The predicted molar refractivity (Wildman–Crippen MR) is 69.7 cm³/mol. The molecule has 2 saturated heterocycles. The largest absolute Gasteiger partial charge is 0.480 e. The summed E-state index contributed by atoms with van der Waals surface area (Å²) < 4.78 is 5.34. The Balaban J connectivity index is 2.03. The van der Waals surface area contributed by atoms with E-state index in [-0.39, 0.29) is 11.8 Å². The molecule has 0 spiro atoms. The molecule has 19 heavy (non-hydrogen) atoms. The van der Waals surface area contributed by atoms with Crippen molar-refractivity contribution in [1.82, 2.24) is 4.90 Å². The fourth-order valence-corrected chi connectivity index (χ4v) is 3.08. The maximum atomic E-state index is 12.4. The number of hydrogen-bond acceptors (Lipinski definition) is 3. The van der Waals surface area contributed by atoms with Crippen molar-refractivity contribution in [2.24, 2.45) is 11.8 Å². The Morgan fingerprint density at radius 1 is 1.37 bits per heavy atom. The average Bonchev–Trinajstić information content (AvgIpc) is 2.46. The summed E-state index contributed by atoms with van der Waals surface area (Å²) in [6.07, 6.45) is 4.20. The number of hydrogen-bond donors (Lipinski definition) is 1. The number of carbonyl (C=O) groups is 2. The van der Waals surface area contributed by atoms with E-state index >= 15 is 0 Å². The van der Waals surface area contributed by atoms with Crippen LogP contribution in [0.3, 0.4) is 0 Å². The molecule has 0 bridgehead atoms. The van der Waals surface area contributed by atoms with Crippen molar-refractivity contribution in [2.75, 3.05) is 19.8 Å². The van der Waals surface area contributed by atoms with Crippen LogP contribution in [0.15, 0.2) is 0 Å². The molecule has 2 rings (SSSR count). The molecule has 1 amide bonds. The minimum Gasteiger partial charge on any atom is -0.480 e. The minimum atomic E-state index is -0.872. The van der Waals surface area contributed by atoms with E-state index < -0.39 is 12.0 Å². The Morgan fingerprint density at radius 2 is 2.16 bits per heavy atom. The van der Waals surface area contributed by atoms with Crippen LogP contribution in [-0.4, -0.2) is 47.7 Å². The van der Waals surface area contributed by atoms with Gasteiger partial charge in [-0.05, 0) is 31.6 Å². The van der Waals surface area contributed by atoms with Crippen LogP contribution in [0, 0.1) is 11.8 Å². The first-order valence-electron chi connectivity index (χ1n) is 7.24. The maximum absolute atomic E-state index is 12.4. The first-order chi connectivity index (χ1) is 9.13. The molecule has 0 radical (unpaired) electrons. The Kier molecular flexibility index (Phi) is 4.80. The van der Waals surface area contributed by atoms with E-state index in [1.807, 2.05) is 0 Å². The number of piperidine rings is 1. The molecule has 0 saturated carbocycles. The molecule has 5 nitrogen and oxygen atoms in total. The SMILES string of the molecule is CCC1CCN(C(=O)C2CCCOC2)C(C(=O)O)C1. The maximum Gasteiger partial charge on any atom is 0.326 e. The molecule has 3 atom stereocenters. The molecule has 3 unspecified atom stereocenters. The number of nitrogens with zero attached hydrogens (tertiary/aromatic N) is 1. The van der Waals surface area contributed by atoms with Crippen LogP contribution < -0.4 is 0 Å². The number of carbonyl (C=O) groups excluding carboxylic acids is 1. The molecule has 1 N–H and O–H groups in total. The van der Waals surface area contributed by atoms with Gasteiger partial charge in [0.05, 0.1) is 12.5 Å². The van der Waals surface area contributed by atoms with Crippen LogP contribution in [0.4, 0.5) is 0 Å². The van der Waals surface area contributed by atoms with Crippen LogP contribution in [-0.2, 0) is 14.3 Å². The average molecular weight is 269 g/mol. The number of amides is 1. The number of carboxylic acids is 1. The van der Waals surface area contributed by atoms with Crippen molar-refractivity contribution < 1.29 is 19.4 Å². The van der Waals surface area contributed by atoms with E-state index in [2.05, 4.69) is 6.92 Å². The molecule has 0 aromatic heterocycles. The van der Waals surface area contributed by atoms with Gasteiger partial charge in [-0.3, -0.25) is 4.79 Å². The summed E-state index contributed by atoms with van der Waals surface area (Å²) in [5, 5.41) is 9.34. The fraction of sp³-hybridized carbons (Fsp3) is 0.857. The van der Waals surface area contributed by atoms with Gasteiger partial charge < -0.3 is 14.7 Å². The van der Waals surface area contributed by atoms with E-state index in [9.17, 15) is 14.7 Å². The van der Waals surface area contributed by atoms with Gasteiger partial charge in [-0.2, -0.15) is 0 Å². The van der Waals surface area contributed by atoms with Gasteiger partial charge in [-0.25, -0.2) is 4.79 Å². The Labute approximate surface area is 113 Å². The highest BCUT2D eigenvalue weighted by molar-refractivity contribution is 5.85. The van der Waals surface area contributed by atoms with Crippen LogP contribution in [0.2, 0.25) is 0 Å². The molecule has 0 aromatic rings. The van der Waals surface area contributed by atoms with Gasteiger partial charge in [0.2, 0.25) is 5.91 Å². The highest BCUT2D eigenvalue weighted by atomic mass is 16.5. The van der Waals surface area contributed by atoms with Crippen LogP contribution in [0.1, 0.15) is 39.0 Å². The zero-order valence-electron chi connectivity index (χ0n) is 11.5. The normalized spacial score (nSPS) is 32.1. The van der Waals surface area contributed by atoms with E-state index in [1.165, 1.54) is 0 Å². The van der Waals surface area contributed by atoms with Gasteiger partial charge >= 0.3 is 5.97 Å². The molecule has 5 heteroatoms. The zero-order chi connectivity index (χ0) is 13.8. The second-order valence-corrected chi connectivity index (χ2v) is 5.60. The van der Waals surface area contributed by atoms with Gasteiger partial charge in [-0.1, -0.05) is 13.3 Å². The molecular formula is C14H23NO4. The standard InChI is InChI=1S/C14H23NO4/c1-2-10-5-6-15(12(8-10)14(17)18)13(16)11-4-3-7-19-9-11/h10-12H,2-9H2,1H3,(H,17,18). The summed E-state index contributed by atoms with van der Waals surface area (Å²) in [5.41, 5.74) is 0. The molecule has 0 aromatic carbocycles. The number of carboxylic acid groups (broad SMARTS) is 1. The van der Waals surface area contributed by atoms with Gasteiger partial charge in [0, 0.05) is 13.2 Å². The van der Waals surface area contributed by atoms with Crippen molar-refractivity contribution in [3.63, 3.8) is 0 Å². The second-order valence-electron chi connectivity index (χ2n) is 5.60. The number of ether oxygens (including phenoxy) is 1. The summed E-state index contributed by atoms with van der Waals surface area (Å²) in [6.45, 7) is 3.81. The van der Waals surface area contributed by atoms with Gasteiger partial charge in [0.25, 0.3) is 0 Å². The monoisotopic (exact) mass is 269 g/mol. The van der Waals surface area contributed by atoms with E-state index in [1.54, 1.807) is 4.90 Å². The third-order valence-corrected chi connectivity index (χ3v) is 4.37. The number of rotatable bonds is 3. The van der Waals surface area contributed by atoms with Gasteiger partial charge in [0.1, 0.15) is 6.04 Å². The molecule has 2 heterocycles. The molecule has 2 fully saturated rings. The van der Waals surface area contributed by atoms with Crippen molar-refractivity contribution >= 4 is 11.9 Å². The smallest absolute Gasteiger partial charge is 0.326 e. The van der Waals surface area contributed by atoms with Crippen LogP contribution in [0.25, 0.3) is 0 Å². The van der Waals surface area contributed by atoms with Crippen LogP contribution in [0.5, 0.6) is 0 Å². The van der Waals surface area contributed by atoms with Gasteiger partial charge in [0.15, 0.2) is 0 Å². The van der Waals surface area contributed by atoms with Crippen LogP contribution >= 0.6 is 0 Å². The lowest BCUT2D eigenvalue weighted by Crippen LogP contribution is -2.52. The van der Waals surface area contributed by atoms with Crippen molar-refractivity contribution in [1.29, 1.82) is 0 Å². The minimum absolute atomic E-state index is 0.0262. The lowest BCUT2D eigenvalue weighted by Gasteiger charge is -2.39. The summed E-state index contributed by atoms with van der Waals surface area (Å²) >= 11 is 0. The lowest BCUT2D eigenvalue weighted by molar-refractivity contribution is -0.157. The summed E-state index contributed by atoms with van der Waals surface area (Å²) in [7, 11) is 0. The first-order valence-corrected chi connectivity index (χ1v) is 7.24. The third kappa shape index (κ3) is 3.26. The summed E-state index contributed by atoms with van der Waals surface area (Å²) in [5.74, 6) is -0.619. The first kappa shape index (κ1) is 14.3. The molecule has 0 aliphatic carbocycles. The van der Waals surface area contributed by atoms with E-state index in [0.717, 1.165) is 25.7 Å². The van der Waals surface area contributed by atoms with Gasteiger partial charge in [-0.15, -0.1) is 0 Å².